The number of aldehydes is 1. The van der Waals surface area contributed by atoms with Crippen molar-refractivity contribution in [1.82, 2.24) is 0 Å². The molecular weight excluding hydrogens is 760 g/mol. The molecule has 2 saturated heterocycles. The van der Waals surface area contributed by atoms with Crippen LogP contribution in [0.1, 0.15) is 106 Å². The largest absolute Gasteiger partial charge is 0.481 e. The minimum absolute atomic E-state index is 0.0152. The Balaban J connectivity index is 1.17. The molecule has 0 unspecified atom stereocenters. The van der Waals surface area contributed by atoms with Crippen molar-refractivity contribution in [3.8, 4) is 0 Å². The highest BCUT2D eigenvalue weighted by molar-refractivity contribution is 5.77. The predicted octanol–water partition coefficient (Wildman–Crippen LogP) is 2.25. The molecular formula is C42H62O16. The zero-order valence-corrected chi connectivity index (χ0v) is 34.2. The summed E-state index contributed by atoms with van der Waals surface area (Å²) in [6.45, 7) is 12.8. The second-order valence-corrected chi connectivity index (χ2v) is 20.3. The Morgan fingerprint density at radius 1 is 0.655 bits per heavy atom. The van der Waals surface area contributed by atoms with E-state index < -0.39 is 102 Å². The standard InChI is InChI=1S/C42H62O16/c1-37(2)21-9-11-41(6)22(8-7-19-20-17-39(4,36(53)54)14-13-38(20,3)15-16-40(19,41)5)42(21,18-43)12-10-23(37)55-35-31(27(47)26(46)30(57-35)33(51)52)58-34-28(48)24(44)25(45)29(56-34)32(49)50/h17-19,21-31,34-35,44-48H,7-16H2,1-6H3,(H,49,50)(H,51,52)(H,53,54)/t19-,21+,22+,23+,24+,25+,26+,27+,28-,29+,30+,31-,34+,35-,38-,39+,40-,41-,42-/m1/s1. The van der Waals surface area contributed by atoms with E-state index in [0.717, 1.165) is 44.8 Å². The highest BCUT2D eigenvalue weighted by atomic mass is 16.8. The van der Waals surface area contributed by atoms with Gasteiger partial charge in [0.1, 0.15) is 42.9 Å². The van der Waals surface area contributed by atoms with Crippen molar-refractivity contribution in [1.29, 1.82) is 0 Å². The summed E-state index contributed by atoms with van der Waals surface area (Å²) in [5, 5.41) is 83.0. The van der Waals surface area contributed by atoms with E-state index in [0.29, 0.717) is 25.7 Å². The van der Waals surface area contributed by atoms with Crippen molar-refractivity contribution in [3.05, 3.63) is 11.6 Å². The van der Waals surface area contributed by atoms with E-state index in [9.17, 15) is 60.0 Å². The zero-order valence-electron chi connectivity index (χ0n) is 34.2. The van der Waals surface area contributed by atoms with Crippen LogP contribution in [0.5, 0.6) is 0 Å². The lowest BCUT2D eigenvalue weighted by Crippen LogP contribution is -2.68. The fourth-order valence-electron chi connectivity index (χ4n) is 13.4. The molecule has 5 aliphatic carbocycles. The van der Waals surface area contributed by atoms with E-state index in [4.69, 9.17) is 18.9 Å². The predicted molar refractivity (Wildman–Crippen MR) is 199 cm³/mol. The van der Waals surface area contributed by atoms with Gasteiger partial charge in [0, 0.05) is 5.41 Å². The minimum Gasteiger partial charge on any atom is -0.481 e. The molecule has 8 N–H and O–H groups in total. The number of rotatable bonds is 8. The van der Waals surface area contributed by atoms with Crippen molar-refractivity contribution >= 4 is 24.2 Å². The van der Waals surface area contributed by atoms with Crippen molar-refractivity contribution in [2.75, 3.05) is 0 Å². The third-order valence-corrected chi connectivity index (χ3v) is 17.2. The minimum atomic E-state index is -2.05. The van der Waals surface area contributed by atoms with Crippen LogP contribution in [-0.4, -0.2) is 133 Å². The molecule has 2 aliphatic heterocycles. The summed E-state index contributed by atoms with van der Waals surface area (Å²) >= 11 is 0. The molecule has 0 spiro atoms. The van der Waals surface area contributed by atoms with Crippen LogP contribution in [0.3, 0.4) is 0 Å². The molecule has 16 nitrogen and oxygen atoms in total. The number of carboxylic acids is 3. The van der Waals surface area contributed by atoms with E-state index >= 15 is 0 Å². The van der Waals surface area contributed by atoms with E-state index in [-0.39, 0.29) is 34.0 Å². The van der Waals surface area contributed by atoms with E-state index in [1.165, 1.54) is 5.57 Å². The van der Waals surface area contributed by atoms with Crippen LogP contribution in [0.4, 0.5) is 0 Å². The second-order valence-electron chi connectivity index (χ2n) is 20.3. The number of carbonyl (C=O) groups excluding carboxylic acids is 1. The number of ether oxygens (including phenoxy) is 4. The first kappa shape index (κ1) is 43.5. The molecule has 58 heavy (non-hydrogen) atoms. The van der Waals surface area contributed by atoms with E-state index in [1.54, 1.807) is 0 Å². The lowest BCUT2D eigenvalue weighted by atomic mass is 9.32. The van der Waals surface area contributed by atoms with Gasteiger partial charge in [-0.15, -0.1) is 0 Å². The number of fused-ring (bicyclic) bond motifs is 7. The SMILES string of the molecule is CC1(C)[C@@H](O[C@@H]2O[C@H](C(=O)O)[C@@H](O)[C@H](O)[C@H]2O[C@@H]2O[C@H](C(=O)O)[C@@H](O)[C@H](O)[C@H]2O)CC[C@]2(C=O)[C@H]3CC[C@@H]4C5=C[C@@](C)(C(=O)O)CC[C@]5(C)CC[C@@]4(C)[C@]3(C)CC[C@@H]12. The van der Waals surface area contributed by atoms with Gasteiger partial charge in [0.25, 0.3) is 0 Å². The number of aliphatic carboxylic acids is 3. The molecule has 2 heterocycles. The van der Waals surface area contributed by atoms with Gasteiger partial charge in [-0.2, -0.15) is 0 Å². The highest BCUT2D eigenvalue weighted by Gasteiger charge is 2.71. The van der Waals surface area contributed by atoms with Gasteiger partial charge in [-0.05, 0) is 111 Å². The molecule has 326 valence electrons. The Labute approximate surface area is 337 Å². The van der Waals surface area contributed by atoms with Crippen LogP contribution in [0.15, 0.2) is 11.6 Å². The molecule has 4 saturated carbocycles. The third-order valence-electron chi connectivity index (χ3n) is 17.2. The first-order chi connectivity index (χ1) is 26.9. The van der Waals surface area contributed by atoms with Crippen molar-refractivity contribution in [2.24, 2.45) is 50.2 Å². The summed E-state index contributed by atoms with van der Waals surface area (Å²) in [6, 6.07) is 0. The van der Waals surface area contributed by atoms with Crippen molar-refractivity contribution in [2.45, 2.75) is 173 Å². The van der Waals surface area contributed by atoms with Crippen LogP contribution in [0.25, 0.3) is 0 Å². The Hall–Kier alpha value is -2.54. The summed E-state index contributed by atoms with van der Waals surface area (Å²) < 4.78 is 23.4. The highest BCUT2D eigenvalue weighted by Crippen LogP contribution is 2.76. The zero-order chi connectivity index (χ0) is 42.7. The quantitative estimate of drug-likeness (QED) is 0.0991. The molecule has 0 amide bonds. The molecule has 0 aromatic rings. The Kier molecular flexibility index (Phi) is 10.9. The van der Waals surface area contributed by atoms with E-state index in [1.807, 2.05) is 20.8 Å². The molecule has 0 aromatic heterocycles. The monoisotopic (exact) mass is 822 g/mol. The summed E-state index contributed by atoms with van der Waals surface area (Å²) in [6.07, 6.45) is -9.86. The van der Waals surface area contributed by atoms with Gasteiger partial charge in [0.05, 0.1) is 11.5 Å². The molecule has 0 bridgehead atoms. The van der Waals surface area contributed by atoms with Crippen LogP contribution in [0.2, 0.25) is 0 Å². The molecule has 7 aliphatic rings. The number of aliphatic hydroxyl groups is 5. The lowest BCUT2D eigenvalue weighted by molar-refractivity contribution is -0.371. The van der Waals surface area contributed by atoms with Gasteiger partial charge >= 0.3 is 17.9 Å². The number of hydrogen-bond acceptors (Lipinski definition) is 13. The normalized spacial score (nSPS) is 52.4. The fourth-order valence-corrected chi connectivity index (χ4v) is 13.4. The van der Waals surface area contributed by atoms with Gasteiger partial charge in [0.15, 0.2) is 24.8 Å². The topological polar surface area (TPSA) is 267 Å². The molecule has 6 fully saturated rings. The summed E-state index contributed by atoms with van der Waals surface area (Å²) in [5.41, 5.74) is -1.64. The van der Waals surface area contributed by atoms with Crippen LogP contribution >= 0.6 is 0 Å². The van der Waals surface area contributed by atoms with Gasteiger partial charge in [-0.3, -0.25) is 4.79 Å². The first-order valence-corrected chi connectivity index (χ1v) is 20.8. The number of carbonyl (C=O) groups is 4. The molecule has 0 aromatic carbocycles. The summed E-state index contributed by atoms with van der Waals surface area (Å²) in [4.78, 5) is 50.3. The molecule has 7 rings (SSSR count). The summed E-state index contributed by atoms with van der Waals surface area (Å²) in [5.74, 6) is -4.07. The van der Waals surface area contributed by atoms with Crippen LogP contribution in [-0.2, 0) is 38.1 Å². The third kappa shape index (κ3) is 6.25. The maximum atomic E-state index is 13.8. The summed E-state index contributed by atoms with van der Waals surface area (Å²) in [7, 11) is 0. The van der Waals surface area contributed by atoms with Gasteiger partial charge < -0.3 is 64.6 Å². The maximum Gasteiger partial charge on any atom is 0.335 e. The van der Waals surface area contributed by atoms with Gasteiger partial charge in [-0.1, -0.05) is 46.3 Å². The first-order valence-electron chi connectivity index (χ1n) is 20.8. The van der Waals surface area contributed by atoms with Crippen molar-refractivity contribution in [3.63, 3.8) is 0 Å². The lowest BCUT2D eigenvalue weighted by Gasteiger charge is -2.72. The number of allylic oxidation sites excluding steroid dienone is 1. The average Bonchev–Trinajstić information content (AvgIpc) is 3.15. The average molecular weight is 823 g/mol. The number of hydrogen-bond donors (Lipinski definition) is 8. The number of carboxylic acid groups (broad SMARTS) is 3. The smallest absolute Gasteiger partial charge is 0.335 e. The van der Waals surface area contributed by atoms with E-state index in [2.05, 4.69) is 26.8 Å². The molecule has 19 atom stereocenters. The molecule has 0 radical (unpaired) electrons. The number of aliphatic hydroxyl groups excluding tert-OH is 5. The second kappa shape index (κ2) is 14.5. The van der Waals surface area contributed by atoms with Gasteiger partial charge in [-0.25, -0.2) is 9.59 Å². The Bertz CT molecular complexity index is 1700. The Morgan fingerprint density at radius 2 is 1.26 bits per heavy atom. The van der Waals surface area contributed by atoms with Crippen LogP contribution in [0, 0.1) is 50.2 Å². The van der Waals surface area contributed by atoms with Gasteiger partial charge in [0.2, 0.25) is 0 Å². The van der Waals surface area contributed by atoms with Crippen molar-refractivity contribution < 1.29 is 79.0 Å². The van der Waals surface area contributed by atoms with Crippen LogP contribution < -0.4 is 0 Å². The molecule has 16 heteroatoms. The Morgan fingerprint density at radius 3 is 1.86 bits per heavy atom. The fraction of sp³-hybridized carbons (Fsp3) is 0.857. The maximum absolute atomic E-state index is 13.8.